The van der Waals surface area contributed by atoms with Gasteiger partial charge in [-0.05, 0) is 61.2 Å². The molecule has 0 spiro atoms. The predicted octanol–water partition coefficient (Wildman–Crippen LogP) is 5.72. The van der Waals surface area contributed by atoms with Gasteiger partial charge in [0.05, 0.1) is 18.8 Å². The molecule has 0 aliphatic carbocycles. The highest BCUT2D eigenvalue weighted by atomic mass is 16.5. The Labute approximate surface area is 156 Å². The van der Waals surface area contributed by atoms with Crippen molar-refractivity contribution in [1.29, 1.82) is 0 Å². The summed E-state index contributed by atoms with van der Waals surface area (Å²) in [5, 5.41) is 0. The molecule has 0 N–H and O–H groups in total. The van der Waals surface area contributed by atoms with Gasteiger partial charge < -0.3 is 9.47 Å². The number of carbonyl (C=O) groups excluding carboxylic acids is 1. The number of benzene rings is 2. The Balaban J connectivity index is 2.24. The second kappa shape index (κ2) is 10.4. The first-order chi connectivity index (χ1) is 12.7. The SMILES string of the molecule is CCCOc1ccc(CC)cc1/C=C/C(=O)c1ccccc1OCCC. The van der Waals surface area contributed by atoms with E-state index < -0.39 is 0 Å². The lowest BCUT2D eigenvalue weighted by molar-refractivity contribution is 0.104. The van der Waals surface area contributed by atoms with Crippen LogP contribution in [0.5, 0.6) is 11.5 Å². The Bertz CT molecular complexity index is 747. The Hall–Kier alpha value is -2.55. The molecule has 2 aromatic rings. The van der Waals surface area contributed by atoms with Crippen LogP contribution in [0.25, 0.3) is 6.08 Å². The van der Waals surface area contributed by atoms with Crippen molar-refractivity contribution in [2.45, 2.75) is 40.0 Å². The summed E-state index contributed by atoms with van der Waals surface area (Å²) in [6, 6.07) is 13.5. The van der Waals surface area contributed by atoms with Crippen LogP contribution in [0.15, 0.2) is 48.5 Å². The van der Waals surface area contributed by atoms with Gasteiger partial charge in [0.25, 0.3) is 0 Å². The highest BCUT2D eigenvalue weighted by Gasteiger charge is 2.10. The number of rotatable bonds is 10. The minimum Gasteiger partial charge on any atom is -0.493 e. The maximum absolute atomic E-state index is 12.7. The normalized spacial score (nSPS) is 10.9. The molecule has 0 unspecified atom stereocenters. The highest BCUT2D eigenvalue weighted by Crippen LogP contribution is 2.24. The number of ether oxygens (including phenoxy) is 2. The van der Waals surface area contributed by atoms with Crippen LogP contribution in [0.2, 0.25) is 0 Å². The lowest BCUT2D eigenvalue weighted by Gasteiger charge is -2.10. The fourth-order valence-corrected chi connectivity index (χ4v) is 2.55. The molecule has 0 aromatic heterocycles. The van der Waals surface area contributed by atoms with Crippen molar-refractivity contribution in [2.24, 2.45) is 0 Å². The molecule has 0 radical (unpaired) electrons. The number of hydrogen-bond acceptors (Lipinski definition) is 3. The minimum absolute atomic E-state index is 0.0694. The molecule has 0 saturated carbocycles. The zero-order valence-electron chi connectivity index (χ0n) is 16.0. The summed E-state index contributed by atoms with van der Waals surface area (Å²) in [7, 11) is 0. The fourth-order valence-electron chi connectivity index (χ4n) is 2.55. The van der Waals surface area contributed by atoms with E-state index in [1.165, 1.54) is 5.56 Å². The quantitative estimate of drug-likeness (QED) is 0.405. The number of para-hydroxylation sites is 1. The number of carbonyl (C=O) groups is 1. The lowest BCUT2D eigenvalue weighted by atomic mass is 10.0. The van der Waals surface area contributed by atoms with E-state index in [2.05, 4.69) is 26.0 Å². The van der Waals surface area contributed by atoms with E-state index in [0.29, 0.717) is 24.5 Å². The van der Waals surface area contributed by atoms with Crippen LogP contribution in [0.4, 0.5) is 0 Å². The standard InChI is InChI=1S/C23H28O3/c1-4-15-25-22-14-11-18(6-3)17-19(22)12-13-21(24)20-9-7-8-10-23(20)26-16-5-2/h7-14,17H,4-6,15-16H2,1-3H3/b13-12+. The van der Waals surface area contributed by atoms with Crippen LogP contribution in [0.3, 0.4) is 0 Å². The van der Waals surface area contributed by atoms with Crippen molar-refractivity contribution in [3.05, 3.63) is 65.2 Å². The van der Waals surface area contributed by atoms with Crippen molar-refractivity contribution in [3.8, 4) is 11.5 Å². The fraction of sp³-hybridized carbons (Fsp3) is 0.348. The van der Waals surface area contributed by atoms with Gasteiger partial charge >= 0.3 is 0 Å². The molecule has 0 bridgehead atoms. The van der Waals surface area contributed by atoms with Crippen LogP contribution in [0.1, 0.15) is 55.1 Å². The Morgan fingerprint density at radius 2 is 1.62 bits per heavy atom. The van der Waals surface area contributed by atoms with E-state index >= 15 is 0 Å². The summed E-state index contributed by atoms with van der Waals surface area (Å²) >= 11 is 0. The first-order valence-corrected chi connectivity index (χ1v) is 9.39. The maximum Gasteiger partial charge on any atom is 0.189 e. The summed E-state index contributed by atoms with van der Waals surface area (Å²) in [4.78, 5) is 12.7. The monoisotopic (exact) mass is 352 g/mol. The zero-order chi connectivity index (χ0) is 18.8. The van der Waals surface area contributed by atoms with Crippen LogP contribution < -0.4 is 9.47 Å². The van der Waals surface area contributed by atoms with Crippen molar-refractivity contribution < 1.29 is 14.3 Å². The smallest absolute Gasteiger partial charge is 0.189 e. The maximum atomic E-state index is 12.7. The molecule has 0 aliphatic rings. The van der Waals surface area contributed by atoms with Crippen molar-refractivity contribution in [2.75, 3.05) is 13.2 Å². The molecular weight excluding hydrogens is 324 g/mol. The second-order valence-electron chi connectivity index (χ2n) is 6.12. The third kappa shape index (κ3) is 5.48. The van der Waals surface area contributed by atoms with Crippen molar-refractivity contribution >= 4 is 11.9 Å². The summed E-state index contributed by atoms with van der Waals surface area (Å²) in [6.07, 6.45) is 6.22. The average Bonchev–Trinajstić information content (AvgIpc) is 2.69. The minimum atomic E-state index is -0.0694. The van der Waals surface area contributed by atoms with E-state index in [-0.39, 0.29) is 5.78 Å². The first kappa shape index (κ1) is 19.8. The third-order valence-corrected chi connectivity index (χ3v) is 3.97. The molecule has 0 aliphatic heterocycles. The molecule has 3 nitrogen and oxygen atoms in total. The summed E-state index contributed by atoms with van der Waals surface area (Å²) < 4.78 is 11.5. The van der Waals surface area contributed by atoms with Gasteiger partial charge in [0, 0.05) is 5.56 Å². The Morgan fingerprint density at radius 1 is 0.923 bits per heavy atom. The number of ketones is 1. The molecule has 2 aromatic carbocycles. The van der Waals surface area contributed by atoms with E-state index in [0.717, 1.165) is 30.6 Å². The zero-order valence-corrected chi connectivity index (χ0v) is 16.0. The van der Waals surface area contributed by atoms with Crippen molar-refractivity contribution in [1.82, 2.24) is 0 Å². The molecule has 26 heavy (non-hydrogen) atoms. The summed E-state index contributed by atoms with van der Waals surface area (Å²) in [6.45, 7) is 7.49. The van der Waals surface area contributed by atoms with E-state index in [4.69, 9.17) is 9.47 Å². The van der Waals surface area contributed by atoms with Gasteiger partial charge in [0.1, 0.15) is 11.5 Å². The van der Waals surface area contributed by atoms with Crippen LogP contribution >= 0.6 is 0 Å². The van der Waals surface area contributed by atoms with Crippen molar-refractivity contribution in [3.63, 3.8) is 0 Å². The summed E-state index contributed by atoms with van der Waals surface area (Å²) in [5.41, 5.74) is 2.73. The van der Waals surface area contributed by atoms with Crippen LogP contribution in [-0.4, -0.2) is 19.0 Å². The predicted molar refractivity (Wildman–Crippen MR) is 107 cm³/mol. The molecule has 2 rings (SSSR count). The van der Waals surface area contributed by atoms with Crippen LogP contribution in [0, 0.1) is 0 Å². The molecule has 3 heteroatoms. The van der Waals surface area contributed by atoms with Gasteiger partial charge in [0.2, 0.25) is 0 Å². The van der Waals surface area contributed by atoms with Gasteiger partial charge in [-0.1, -0.05) is 39.0 Å². The topological polar surface area (TPSA) is 35.5 Å². The molecular formula is C23H28O3. The molecule has 0 heterocycles. The van der Waals surface area contributed by atoms with Gasteiger partial charge in [-0.3, -0.25) is 4.79 Å². The molecule has 0 amide bonds. The number of allylic oxidation sites excluding steroid dienone is 1. The van der Waals surface area contributed by atoms with E-state index in [9.17, 15) is 4.79 Å². The van der Waals surface area contributed by atoms with E-state index in [1.807, 2.05) is 37.3 Å². The molecule has 138 valence electrons. The average molecular weight is 352 g/mol. The summed E-state index contributed by atoms with van der Waals surface area (Å²) in [5.74, 6) is 1.37. The molecule has 0 fully saturated rings. The lowest BCUT2D eigenvalue weighted by Crippen LogP contribution is -2.03. The Morgan fingerprint density at radius 3 is 2.31 bits per heavy atom. The largest absolute Gasteiger partial charge is 0.493 e. The van der Waals surface area contributed by atoms with E-state index in [1.54, 1.807) is 12.1 Å². The highest BCUT2D eigenvalue weighted by molar-refractivity contribution is 6.08. The van der Waals surface area contributed by atoms with Gasteiger partial charge in [-0.25, -0.2) is 0 Å². The number of aryl methyl sites for hydroxylation is 1. The first-order valence-electron chi connectivity index (χ1n) is 9.39. The van der Waals surface area contributed by atoms with Gasteiger partial charge in [0.15, 0.2) is 5.78 Å². The second-order valence-corrected chi connectivity index (χ2v) is 6.12. The Kier molecular flexibility index (Phi) is 7.94. The van der Waals surface area contributed by atoms with Gasteiger partial charge in [-0.2, -0.15) is 0 Å². The van der Waals surface area contributed by atoms with Gasteiger partial charge in [-0.15, -0.1) is 0 Å². The molecule has 0 saturated heterocycles. The van der Waals surface area contributed by atoms with Crippen LogP contribution in [-0.2, 0) is 6.42 Å². The third-order valence-electron chi connectivity index (χ3n) is 3.97. The molecule has 0 atom stereocenters. The number of hydrogen-bond donors (Lipinski definition) is 0.